The molecule has 3 aliphatic heterocycles. The van der Waals surface area contributed by atoms with E-state index in [0.29, 0.717) is 5.91 Å². The summed E-state index contributed by atoms with van der Waals surface area (Å²) in [5.74, 6) is 0.349. The van der Waals surface area contributed by atoms with Crippen molar-refractivity contribution in [3.05, 3.63) is 0 Å². The minimum Gasteiger partial charge on any atom is -0.341 e. The number of hydrogen-bond acceptors (Lipinski definition) is 3. The number of carbonyl (C=O) groups is 1. The molecule has 0 aromatic heterocycles. The third-order valence-corrected chi connectivity index (χ3v) is 6.06. The molecule has 0 bridgehead atoms. The first-order valence-corrected chi connectivity index (χ1v) is 9.34. The normalized spacial score (nSPS) is 29.8. The van der Waals surface area contributed by atoms with E-state index in [-0.39, 0.29) is 23.9 Å². The van der Waals surface area contributed by atoms with Gasteiger partial charge in [0.15, 0.2) is 0 Å². The summed E-state index contributed by atoms with van der Waals surface area (Å²) >= 11 is 0. The van der Waals surface area contributed by atoms with E-state index in [2.05, 4.69) is 29.0 Å². The Morgan fingerprint density at radius 2 is 1.65 bits per heavy atom. The topological polar surface area (TPSA) is 35.6 Å². The summed E-state index contributed by atoms with van der Waals surface area (Å²) < 4.78 is 0. The minimum atomic E-state index is 0. The highest BCUT2D eigenvalue weighted by atomic mass is 35.5. The fraction of sp³-hybridized carbons (Fsp3) is 0.944. The molecule has 1 amide bonds. The zero-order chi connectivity index (χ0) is 15.6. The summed E-state index contributed by atoms with van der Waals surface area (Å²) in [5.41, 5.74) is 0.0963. The van der Waals surface area contributed by atoms with Crippen LogP contribution in [0.1, 0.15) is 58.8 Å². The van der Waals surface area contributed by atoms with Crippen LogP contribution in [0.15, 0.2) is 0 Å². The summed E-state index contributed by atoms with van der Waals surface area (Å²) in [7, 11) is 0. The number of piperidine rings is 3. The lowest BCUT2D eigenvalue weighted by atomic mass is 9.77. The Bertz CT molecular complexity index is 388. The van der Waals surface area contributed by atoms with E-state index in [4.69, 9.17) is 0 Å². The highest BCUT2D eigenvalue weighted by Crippen LogP contribution is 2.32. The summed E-state index contributed by atoms with van der Waals surface area (Å²) in [6.45, 7) is 9.92. The molecule has 0 aliphatic carbocycles. The average molecular weight is 344 g/mol. The number of nitrogens with one attached hydrogen (secondary N) is 1. The van der Waals surface area contributed by atoms with Crippen LogP contribution in [-0.2, 0) is 4.79 Å². The summed E-state index contributed by atoms with van der Waals surface area (Å²) in [6.07, 6.45) is 8.79. The van der Waals surface area contributed by atoms with Crippen molar-refractivity contribution in [2.45, 2.75) is 70.9 Å². The van der Waals surface area contributed by atoms with Crippen molar-refractivity contribution in [2.24, 2.45) is 5.41 Å². The lowest BCUT2D eigenvalue weighted by Gasteiger charge is -2.44. The van der Waals surface area contributed by atoms with Gasteiger partial charge in [-0.05, 0) is 63.6 Å². The second-order valence-corrected chi connectivity index (χ2v) is 8.13. The lowest BCUT2D eigenvalue weighted by Crippen LogP contribution is -2.58. The van der Waals surface area contributed by atoms with Crippen LogP contribution in [0.3, 0.4) is 0 Å². The minimum absolute atomic E-state index is 0. The molecule has 134 valence electrons. The van der Waals surface area contributed by atoms with E-state index in [1.807, 2.05) is 0 Å². The fourth-order valence-corrected chi connectivity index (χ4v) is 4.55. The molecule has 3 rings (SSSR count). The van der Waals surface area contributed by atoms with Crippen LogP contribution in [-0.4, -0.2) is 60.5 Å². The van der Waals surface area contributed by atoms with Crippen LogP contribution in [0.5, 0.6) is 0 Å². The Balaban J connectivity index is 0.00000192. The third-order valence-electron chi connectivity index (χ3n) is 6.06. The first-order valence-electron chi connectivity index (χ1n) is 9.34. The second kappa shape index (κ2) is 8.17. The van der Waals surface area contributed by atoms with Gasteiger partial charge < -0.3 is 15.1 Å². The SMILES string of the molecule is CC1(C)CCCNC1C(=O)N1CCC(N2CCCCC2)CC1.Cl. The molecule has 0 saturated carbocycles. The molecule has 0 aromatic rings. The van der Waals surface area contributed by atoms with Crippen molar-refractivity contribution in [3.8, 4) is 0 Å². The average Bonchev–Trinajstić information content (AvgIpc) is 2.55. The molecule has 23 heavy (non-hydrogen) atoms. The van der Waals surface area contributed by atoms with Gasteiger partial charge in [-0.25, -0.2) is 0 Å². The zero-order valence-electron chi connectivity index (χ0n) is 14.9. The standard InChI is InChI=1S/C18H33N3O.ClH/c1-18(2)9-6-10-19-16(18)17(22)21-13-7-15(8-14-21)20-11-4-3-5-12-20;/h15-16,19H,3-14H2,1-2H3;1H. The van der Waals surface area contributed by atoms with E-state index >= 15 is 0 Å². The number of rotatable bonds is 2. The Morgan fingerprint density at radius 1 is 1.00 bits per heavy atom. The number of halogens is 1. The smallest absolute Gasteiger partial charge is 0.240 e. The van der Waals surface area contributed by atoms with Crippen LogP contribution in [0.25, 0.3) is 0 Å². The molecular weight excluding hydrogens is 310 g/mol. The van der Waals surface area contributed by atoms with Gasteiger partial charge >= 0.3 is 0 Å². The molecular formula is C18H34ClN3O. The lowest BCUT2D eigenvalue weighted by molar-refractivity contribution is -0.139. The van der Waals surface area contributed by atoms with Gasteiger partial charge in [0, 0.05) is 19.1 Å². The molecule has 0 aromatic carbocycles. The van der Waals surface area contributed by atoms with Crippen molar-refractivity contribution >= 4 is 18.3 Å². The van der Waals surface area contributed by atoms with Gasteiger partial charge in [-0.1, -0.05) is 20.3 Å². The van der Waals surface area contributed by atoms with Gasteiger partial charge in [-0.15, -0.1) is 12.4 Å². The van der Waals surface area contributed by atoms with Crippen molar-refractivity contribution in [1.82, 2.24) is 15.1 Å². The summed E-state index contributed by atoms with van der Waals surface area (Å²) in [4.78, 5) is 17.7. The van der Waals surface area contributed by atoms with Crippen LogP contribution in [0, 0.1) is 5.41 Å². The van der Waals surface area contributed by atoms with Gasteiger partial charge in [0.2, 0.25) is 5.91 Å². The molecule has 1 unspecified atom stereocenters. The van der Waals surface area contributed by atoms with Gasteiger partial charge in [0.25, 0.3) is 0 Å². The number of likely N-dealkylation sites (tertiary alicyclic amines) is 2. The maximum absolute atomic E-state index is 12.9. The van der Waals surface area contributed by atoms with Gasteiger partial charge in [-0.3, -0.25) is 4.79 Å². The molecule has 3 fully saturated rings. The first-order chi connectivity index (χ1) is 10.6. The molecule has 0 spiro atoms. The van der Waals surface area contributed by atoms with Gasteiger partial charge in [-0.2, -0.15) is 0 Å². The van der Waals surface area contributed by atoms with Crippen LogP contribution < -0.4 is 5.32 Å². The van der Waals surface area contributed by atoms with Gasteiger partial charge in [0.1, 0.15) is 0 Å². The van der Waals surface area contributed by atoms with Crippen LogP contribution in [0.2, 0.25) is 0 Å². The Labute approximate surface area is 147 Å². The van der Waals surface area contributed by atoms with Crippen LogP contribution >= 0.6 is 12.4 Å². The second-order valence-electron chi connectivity index (χ2n) is 8.13. The van der Waals surface area contributed by atoms with E-state index in [9.17, 15) is 4.79 Å². The number of carbonyl (C=O) groups excluding carboxylic acids is 1. The van der Waals surface area contributed by atoms with Gasteiger partial charge in [0.05, 0.1) is 6.04 Å². The molecule has 4 nitrogen and oxygen atoms in total. The zero-order valence-corrected chi connectivity index (χ0v) is 15.7. The Hall–Kier alpha value is -0.320. The van der Waals surface area contributed by atoms with Crippen LogP contribution in [0.4, 0.5) is 0 Å². The maximum Gasteiger partial charge on any atom is 0.240 e. The molecule has 3 aliphatic rings. The number of nitrogens with zero attached hydrogens (tertiary/aromatic N) is 2. The molecule has 3 saturated heterocycles. The maximum atomic E-state index is 12.9. The van der Waals surface area contributed by atoms with Crippen molar-refractivity contribution in [1.29, 1.82) is 0 Å². The highest BCUT2D eigenvalue weighted by molar-refractivity contribution is 5.85. The molecule has 5 heteroatoms. The summed E-state index contributed by atoms with van der Waals surface area (Å²) in [6, 6.07) is 0.740. The highest BCUT2D eigenvalue weighted by Gasteiger charge is 2.40. The quantitative estimate of drug-likeness (QED) is 0.837. The fourth-order valence-electron chi connectivity index (χ4n) is 4.55. The van der Waals surface area contributed by atoms with Crippen molar-refractivity contribution in [2.75, 3.05) is 32.7 Å². The van der Waals surface area contributed by atoms with E-state index < -0.39 is 0 Å². The van der Waals surface area contributed by atoms with E-state index in [1.54, 1.807) is 0 Å². The largest absolute Gasteiger partial charge is 0.341 e. The van der Waals surface area contributed by atoms with E-state index in [1.165, 1.54) is 51.6 Å². The molecule has 0 radical (unpaired) electrons. The third kappa shape index (κ3) is 4.40. The van der Waals surface area contributed by atoms with Crippen molar-refractivity contribution < 1.29 is 4.79 Å². The number of hydrogen-bond donors (Lipinski definition) is 1. The predicted molar refractivity (Wildman–Crippen MR) is 97.1 cm³/mol. The van der Waals surface area contributed by atoms with E-state index in [0.717, 1.165) is 32.1 Å². The Kier molecular flexibility index (Phi) is 6.76. The molecule has 1 atom stereocenters. The molecule has 3 heterocycles. The Morgan fingerprint density at radius 3 is 2.26 bits per heavy atom. The monoisotopic (exact) mass is 343 g/mol. The number of amides is 1. The predicted octanol–water partition coefficient (Wildman–Crippen LogP) is 2.66. The first kappa shape index (κ1) is 19.0. The molecule has 1 N–H and O–H groups in total. The summed E-state index contributed by atoms with van der Waals surface area (Å²) in [5, 5.41) is 3.48. The van der Waals surface area contributed by atoms with Crippen molar-refractivity contribution in [3.63, 3.8) is 0 Å².